The van der Waals surface area contributed by atoms with Crippen molar-refractivity contribution in [3.05, 3.63) is 200 Å². The van der Waals surface area contributed by atoms with E-state index in [9.17, 15) is 0 Å². The third-order valence-electron chi connectivity index (χ3n) is 9.18. The van der Waals surface area contributed by atoms with Crippen LogP contribution in [0.1, 0.15) is 6.85 Å². The van der Waals surface area contributed by atoms with Crippen molar-refractivity contribution in [3.63, 3.8) is 0 Å². The molecule has 1 heterocycles. The Morgan fingerprint density at radius 2 is 0.880 bits per heavy atom. The number of rotatable bonds is 7. The van der Waals surface area contributed by atoms with E-state index in [1.165, 1.54) is 0 Å². The summed E-state index contributed by atoms with van der Waals surface area (Å²) in [6, 6.07) is 56.0. The molecule has 0 saturated carbocycles. The maximum Gasteiger partial charge on any atom is 0.143 e. The van der Waals surface area contributed by atoms with Crippen LogP contribution < -0.4 is 4.90 Å². The van der Waals surface area contributed by atoms with Crippen LogP contribution in [-0.4, -0.2) is 0 Å². The quantitative estimate of drug-likeness (QED) is 0.172. The zero-order valence-electron chi connectivity index (χ0n) is 32.0. The lowest BCUT2D eigenvalue weighted by Crippen LogP contribution is -2.09. The summed E-state index contributed by atoms with van der Waals surface area (Å²) in [7, 11) is 0. The highest BCUT2D eigenvalue weighted by atomic mass is 16.3. The van der Waals surface area contributed by atoms with Crippen LogP contribution in [0.5, 0.6) is 0 Å². The van der Waals surface area contributed by atoms with E-state index in [-0.39, 0.29) is 29.7 Å². The van der Waals surface area contributed by atoms with Crippen LogP contribution in [0.15, 0.2) is 204 Å². The summed E-state index contributed by atoms with van der Waals surface area (Å²) in [4.78, 5) is 2.16. The molecule has 0 saturated heterocycles. The molecule has 8 aromatic carbocycles. The van der Waals surface area contributed by atoms with Crippen LogP contribution in [0.3, 0.4) is 0 Å². The second-order valence-corrected chi connectivity index (χ2v) is 12.2. The van der Waals surface area contributed by atoms with Gasteiger partial charge in [0.15, 0.2) is 0 Å². The smallest absolute Gasteiger partial charge is 0.143 e. The van der Waals surface area contributed by atoms with Crippen LogP contribution >= 0.6 is 0 Å². The highest BCUT2D eigenvalue weighted by molar-refractivity contribution is 6.09. The largest absolute Gasteiger partial charge is 0.455 e. The second-order valence-electron chi connectivity index (χ2n) is 12.2. The number of fused-ring (bicyclic) bond motifs is 3. The third kappa shape index (κ3) is 5.53. The van der Waals surface area contributed by atoms with Crippen molar-refractivity contribution in [3.8, 4) is 44.5 Å². The molecule has 0 atom stereocenters. The van der Waals surface area contributed by atoms with Crippen molar-refractivity contribution in [2.75, 3.05) is 4.90 Å². The van der Waals surface area contributed by atoms with Gasteiger partial charge in [-0.1, -0.05) is 152 Å². The van der Waals surface area contributed by atoms with E-state index in [0.717, 1.165) is 72.4 Å². The molecular weight excluding hydrogens is 607 g/mol. The van der Waals surface area contributed by atoms with Gasteiger partial charge in [-0.25, -0.2) is 0 Å². The number of hydrogen-bond acceptors (Lipinski definition) is 2. The molecule has 0 aliphatic carbocycles. The van der Waals surface area contributed by atoms with Gasteiger partial charge < -0.3 is 9.32 Å². The Balaban J connectivity index is 1.09. The van der Waals surface area contributed by atoms with E-state index in [1.807, 2.05) is 60.7 Å². The summed E-state index contributed by atoms with van der Waals surface area (Å²) in [6.07, 6.45) is 0. The lowest BCUT2D eigenvalue weighted by Gasteiger charge is -2.26. The van der Waals surface area contributed by atoms with Crippen molar-refractivity contribution in [2.24, 2.45) is 0 Å². The zero-order valence-corrected chi connectivity index (χ0v) is 27.0. The van der Waals surface area contributed by atoms with Crippen LogP contribution in [0.2, 0.25) is 0 Å². The van der Waals surface area contributed by atoms with Gasteiger partial charge in [0.05, 0.1) is 6.85 Å². The van der Waals surface area contributed by atoms with Gasteiger partial charge in [-0.05, 0) is 87.5 Å². The van der Waals surface area contributed by atoms with Crippen LogP contribution in [0.25, 0.3) is 66.4 Å². The Morgan fingerprint density at radius 1 is 0.380 bits per heavy atom. The molecule has 1 aromatic heterocycles. The number of benzene rings is 8. The van der Waals surface area contributed by atoms with E-state index in [4.69, 9.17) is 11.3 Å². The maximum absolute atomic E-state index is 8.50. The number of para-hydroxylation sites is 2. The highest BCUT2D eigenvalue weighted by Gasteiger charge is 2.15. The molecule has 0 spiro atoms. The summed E-state index contributed by atoms with van der Waals surface area (Å²) in [5, 5.41) is 2.20. The van der Waals surface area contributed by atoms with E-state index in [2.05, 4.69) is 114 Å². The van der Waals surface area contributed by atoms with Gasteiger partial charge in [0, 0.05) is 33.4 Å². The van der Waals surface area contributed by atoms with Crippen molar-refractivity contribution >= 4 is 39.0 Å². The van der Waals surface area contributed by atoms with Gasteiger partial charge in [-0.15, -0.1) is 0 Å². The van der Waals surface area contributed by atoms with Gasteiger partial charge in [-0.3, -0.25) is 0 Å². The Kier molecular flexibility index (Phi) is 6.25. The number of anilines is 3. The lowest BCUT2D eigenvalue weighted by molar-refractivity contribution is 0.670. The average Bonchev–Trinajstić information content (AvgIpc) is 3.63. The predicted octanol–water partition coefficient (Wildman–Crippen LogP) is 13.7. The van der Waals surface area contributed by atoms with Crippen molar-refractivity contribution < 1.29 is 11.3 Å². The summed E-state index contributed by atoms with van der Waals surface area (Å²) < 4.78 is 47.7. The standard InChI is InChI=1S/C48H33NO/c1-3-11-34(12-4-1)36-21-27-41(28-22-36)49(42-29-23-37(24-30-42)35-13-5-2-6-14-35)43-31-25-38(26-32-43)39-15-9-16-40(33-39)44-18-10-19-46-45-17-7-8-20-47(45)50-48(44)46/h1-33H/i1D,3D,4D,11D,12D. The topological polar surface area (TPSA) is 16.4 Å². The molecule has 0 radical (unpaired) electrons. The van der Waals surface area contributed by atoms with E-state index >= 15 is 0 Å². The first-order valence-electron chi connectivity index (χ1n) is 19.1. The first-order valence-corrected chi connectivity index (χ1v) is 16.6. The molecule has 0 unspecified atom stereocenters. The summed E-state index contributed by atoms with van der Waals surface area (Å²) in [5.74, 6) is 0. The summed E-state index contributed by atoms with van der Waals surface area (Å²) in [5.41, 5.74) is 11.7. The van der Waals surface area contributed by atoms with E-state index < -0.39 is 6.04 Å². The first-order chi connectivity index (χ1) is 26.9. The SMILES string of the molecule is [2H]c1c([2H])c([2H])c(-c2ccc(N(c3ccc(-c4ccccc4)cc3)c3ccc(-c4cccc(-c5cccc6c5oc5ccccc56)c4)cc3)cc2)c([2H])c1[2H]. The fraction of sp³-hybridized carbons (Fsp3) is 0. The molecular formula is C48H33NO. The first kappa shape index (κ1) is 24.5. The molecule has 9 rings (SSSR count). The molecule has 0 amide bonds. The molecule has 9 aromatic rings. The maximum atomic E-state index is 8.50. The third-order valence-corrected chi connectivity index (χ3v) is 9.18. The second kappa shape index (κ2) is 12.8. The normalized spacial score (nSPS) is 12.6. The highest BCUT2D eigenvalue weighted by Crippen LogP contribution is 2.39. The van der Waals surface area contributed by atoms with E-state index in [0.29, 0.717) is 5.56 Å². The van der Waals surface area contributed by atoms with Gasteiger partial charge in [0.2, 0.25) is 0 Å². The number of furan rings is 1. The Bertz CT molecular complexity index is 2820. The zero-order chi connectivity index (χ0) is 37.6. The number of hydrogen-bond donors (Lipinski definition) is 0. The van der Waals surface area contributed by atoms with Crippen molar-refractivity contribution in [1.82, 2.24) is 0 Å². The van der Waals surface area contributed by atoms with Crippen LogP contribution in [0, 0.1) is 0 Å². The molecule has 0 N–H and O–H groups in total. The fourth-order valence-corrected chi connectivity index (χ4v) is 6.70. The van der Waals surface area contributed by atoms with Crippen LogP contribution in [-0.2, 0) is 0 Å². The van der Waals surface area contributed by atoms with Gasteiger partial charge >= 0.3 is 0 Å². The lowest BCUT2D eigenvalue weighted by atomic mass is 9.97. The molecule has 0 aliphatic heterocycles. The Morgan fingerprint density at radius 3 is 1.56 bits per heavy atom. The molecule has 0 aliphatic rings. The average molecular weight is 645 g/mol. The molecule has 2 heteroatoms. The summed E-state index contributed by atoms with van der Waals surface area (Å²) in [6.45, 7) is 0. The Hall–Kier alpha value is -6.64. The van der Waals surface area contributed by atoms with Gasteiger partial charge in [0.25, 0.3) is 0 Å². The van der Waals surface area contributed by atoms with Crippen molar-refractivity contribution in [2.45, 2.75) is 0 Å². The van der Waals surface area contributed by atoms with Crippen molar-refractivity contribution in [1.29, 1.82) is 0 Å². The summed E-state index contributed by atoms with van der Waals surface area (Å²) >= 11 is 0. The minimum Gasteiger partial charge on any atom is -0.455 e. The Labute approximate surface area is 299 Å². The molecule has 50 heavy (non-hydrogen) atoms. The molecule has 2 nitrogen and oxygen atoms in total. The van der Waals surface area contributed by atoms with E-state index in [1.54, 1.807) is 0 Å². The predicted molar refractivity (Wildman–Crippen MR) is 210 cm³/mol. The number of nitrogens with zero attached hydrogens (tertiary/aromatic N) is 1. The van der Waals surface area contributed by atoms with Crippen LogP contribution in [0.4, 0.5) is 17.1 Å². The van der Waals surface area contributed by atoms with Gasteiger partial charge in [-0.2, -0.15) is 0 Å². The minimum absolute atomic E-state index is 0.180. The molecule has 0 fully saturated rings. The molecule has 0 bridgehead atoms. The minimum atomic E-state index is -0.403. The fourth-order valence-electron chi connectivity index (χ4n) is 6.70. The van der Waals surface area contributed by atoms with Gasteiger partial charge in [0.1, 0.15) is 11.2 Å². The molecule has 236 valence electrons. The monoisotopic (exact) mass is 644 g/mol.